The second-order valence-electron chi connectivity index (χ2n) is 16.7. The lowest BCUT2D eigenvalue weighted by Gasteiger charge is -2.18. The van der Waals surface area contributed by atoms with Crippen LogP contribution in [0, 0.1) is 0 Å². The van der Waals surface area contributed by atoms with Gasteiger partial charge < -0.3 is 14.2 Å². The zero-order valence-electron chi connectivity index (χ0n) is 39.0. The Kier molecular flexibility index (Phi) is 45.9. The van der Waals surface area contributed by atoms with Gasteiger partial charge in [0.05, 0.1) is 0 Å². The number of esters is 3. The molecule has 6 nitrogen and oxygen atoms in total. The van der Waals surface area contributed by atoms with Gasteiger partial charge in [0.25, 0.3) is 0 Å². The van der Waals surface area contributed by atoms with Gasteiger partial charge in [-0.3, -0.25) is 14.4 Å². The predicted octanol–water partition coefficient (Wildman–Crippen LogP) is 16.3. The number of allylic oxidation sites excluding steroid dienone is 8. The molecule has 0 aromatic rings. The summed E-state index contributed by atoms with van der Waals surface area (Å²) in [5, 5.41) is 0. The van der Waals surface area contributed by atoms with Crippen molar-refractivity contribution >= 4 is 17.9 Å². The Morgan fingerprint density at radius 3 is 1.03 bits per heavy atom. The van der Waals surface area contributed by atoms with Crippen LogP contribution in [0.2, 0.25) is 0 Å². The molecule has 0 aromatic carbocycles. The molecule has 0 unspecified atom stereocenters. The van der Waals surface area contributed by atoms with Crippen molar-refractivity contribution in [1.82, 2.24) is 0 Å². The highest BCUT2D eigenvalue weighted by molar-refractivity contribution is 5.71. The maximum atomic E-state index is 12.7. The monoisotopic (exact) mass is 827 g/mol. The molecule has 6 heteroatoms. The van der Waals surface area contributed by atoms with E-state index in [4.69, 9.17) is 14.2 Å². The highest BCUT2D eigenvalue weighted by atomic mass is 16.6. The molecule has 0 aliphatic carbocycles. The van der Waals surface area contributed by atoms with E-state index >= 15 is 0 Å². The second-order valence-corrected chi connectivity index (χ2v) is 16.7. The maximum absolute atomic E-state index is 12.7. The zero-order valence-corrected chi connectivity index (χ0v) is 39.0. The van der Waals surface area contributed by atoms with E-state index < -0.39 is 6.10 Å². The average Bonchev–Trinajstić information content (AvgIpc) is 3.23. The lowest BCUT2D eigenvalue weighted by atomic mass is 10.1. The van der Waals surface area contributed by atoms with Crippen LogP contribution in [0.15, 0.2) is 48.6 Å². The van der Waals surface area contributed by atoms with Crippen molar-refractivity contribution in [3.8, 4) is 0 Å². The maximum Gasteiger partial charge on any atom is 0.306 e. The predicted molar refractivity (Wildman–Crippen MR) is 252 cm³/mol. The Labute approximate surface area is 365 Å². The first-order valence-electron chi connectivity index (χ1n) is 25.1. The van der Waals surface area contributed by atoms with Crippen LogP contribution in [0.25, 0.3) is 0 Å². The third-order valence-corrected chi connectivity index (χ3v) is 10.8. The minimum atomic E-state index is -0.790. The van der Waals surface area contributed by atoms with Gasteiger partial charge in [-0.25, -0.2) is 0 Å². The first-order chi connectivity index (χ1) is 29.0. The van der Waals surface area contributed by atoms with Crippen LogP contribution in [0.4, 0.5) is 0 Å². The van der Waals surface area contributed by atoms with Crippen LogP contribution in [0.5, 0.6) is 0 Å². The van der Waals surface area contributed by atoms with E-state index in [1.165, 1.54) is 141 Å². The summed E-state index contributed by atoms with van der Waals surface area (Å²) in [6, 6.07) is 0. The molecular weight excluding hydrogens is 733 g/mol. The molecule has 0 amide bonds. The van der Waals surface area contributed by atoms with Crippen LogP contribution in [0.3, 0.4) is 0 Å². The first-order valence-corrected chi connectivity index (χ1v) is 25.1. The summed E-state index contributed by atoms with van der Waals surface area (Å²) in [5.41, 5.74) is 0. The molecule has 0 rings (SSSR count). The molecule has 0 saturated carbocycles. The van der Waals surface area contributed by atoms with Crippen LogP contribution < -0.4 is 0 Å². The number of hydrogen-bond acceptors (Lipinski definition) is 6. The van der Waals surface area contributed by atoms with Crippen molar-refractivity contribution in [1.29, 1.82) is 0 Å². The summed E-state index contributed by atoms with van der Waals surface area (Å²) in [6.07, 6.45) is 56.7. The third kappa shape index (κ3) is 46.3. The van der Waals surface area contributed by atoms with Gasteiger partial charge >= 0.3 is 17.9 Å². The molecule has 342 valence electrons. The molecule has 0 aliphatic rings. The van der Waals surface area contributed by atoms with Crippen molar-refractivity contribution < 1.29 is 28.6 Å². The molecule has 0 radical (unpaired) electrons. The molecule has 0 bridgehead atoms. The first kappa shape index (κ1) is 56.4. The SMILES string of the molecule is CCCCC/C=C\C/C=C\C/C=C\CCCCC(=O)O[C@@H](COC(=O)CCCCCCCCC/C=C\CCCCCCCC)COC(=O)CCCCCCCCCCC. The Morgan fingerprint density at radius 2 is 0.610 bits per heavy atom. The summed E-state index contributed by atoms with van der Waals surface area (Å²) in [5.74, 6) is -0.930. The second kappa shape index (κ2) is 48.0. The highest BCUT2D eigenvalue weighted by Gasteiger charge is 2.19. The van der Waals surface area contributed by atoms with E-state index in [1.807, 2.05) is 0 Å². The van der Waals surface area contributed by atoms with Gasteiger partial charge in [-0.2, -0.15) is 0 Å². The quantitative estimate of drug-likeness (QED) is 0.0263. The van der Waals surface area contributed by atoms with Gasteiger partial charge in [-0.05, 0) is 83.5 Å². The van der Waals surface area contributed by atoms with Gasteiger partial charge in [0.15, 0.2) is 6.10 Å². The zero-order chi connectivity index (χ0) is 43.0. The minimum Gasteiger partial charge on any atom is -0.462 e. The molecule has 0 N–H and O–H groups in total. The molecule has 59 heavy (non-hydrogen) atoms. The number of ether oxygens (including phenoxy) is 3. The molecule has 0 spiro atoms. The Hall–Kier alpha value is -2.63. The van der Waals surface area contributed by atoms with E-state index in [2.05, 4.69) is 69.4 Å². The third-order valence-electron chi connectivity index (χ3n) is 10.8. The minimum absolute atomic E-state index is 0.0882. The summed E-state index contributed by atoms with van der Waals surface area (Å²) < 4.78 is 16.7. The fourth-order valence-corrected chi connectivity index (χ4v) is 6.97. The van der Waals surface area contributed by atoms with Crippen molar-refractivity contribution in [3.05, 3.63) is 48.6 Å². The van der Waals surface area contributed by atoms with E-state index in [1.54, 1.807) is 0 Å². The lowest BCUT2D eigenvalue weighted by Crippen LogP contribution is -2.30. The standard InChI is InChI=1S/C53H94O6/c1-4-7-10-13-16-19-21-23-25-26-28-29-31-34-37-40-43-46-52(55)58-49-50(48-57-51(54)45-42-39-36-33-18-15-12-9-6-3)59-53(56)47-44-41-38-35-32-30-27-24-22-20-17-14-11-8-5-2/h17,20,23-25,27,32,35,50H,4-16,18-19,21-22,26,28-31,33-34,36-49H2,1-3H3/b20-17-,25-23-,27-24-,35-32-/t50-/m1/s1. The van der Waals surface area contributed by atoms with Gasteiger partial charge in [-0.1, -0.05) is 198 Å². The van der Waals surface area contributed by atoms with Crippen LogP contribution in [-0.2, 0) is 28.6 Å². The average molecular weight is 827 g/mol. The summed E-state index contributed by atoms with van der Waals surface area (Å²) in [7, 11) is 0. The summed E-state index contributed by atoms with van der Waals surface area (Å²) in [4.78, 5) is 37.8. The van der Waals surface area contributed by atoms with Crippen molar-refractivity contribution in [3.63, 3.8) is 0 Å². The highest BCUT2D eigenvalue weighted by Crippen LogP contribution is 2.14. The number of hydrogen-bond donors (Lipinski definition) is 0. The van der Waals surface area contributed by atoms with Crippen LogP contribution in [0.1, 0.15) is 252 Å². The van der Waals surface area contributed by atoms with E-state index in [9.17, 15) is 14.4 Å². The fourth-order valence-electron chi connectivity index (χ4n) is 6.97. The summed E-state index contributed by atoms with van der Waals surface area (Å²) >= 11 is 0. The molecule has 1 atom stereocenters. The lowest BCUT2D eigenvalue weighted by molar-refractivity contribution is -0.167. The van der Waals surface area contributed by atoms with Crippen molar-refractivity contribution in [2.75, 3.05) is 13.2 Å². The largest absolute Gasteiger partial charge is 0.462 e. The van der Waals surface area contributed by atoms with Crippen LogP contribution in [-0.4, -0.2) is 37.2 Å². The molecule has 0 aliphatic heterocycles. The Balaban J connectivity index is 4.38. The van der Waals surface area contributed by atoms with Crippen LogP contribution >= 0.6 is 0 Å². The molecule has 0 saturated heterocycles. The smallest absolute Gasteiger partial charge is 0.306 e. The Morgan fingerprint density at radius 1 is 0.339 bits per heavy atom. The molecule has 0 aromatic heterocycles. The van der Waals surface area contributed by atoms with Crippen molar-refractivity contribution in [2.45, 2.75) is 258 Å². The van der Waals surface area contributed by atoms with E-state index in [0.29, 0.717) is 19.3 Å². The fraction of sp³-hybridized carbons (Fsp3) is 0.792. The number of carbonyl (C=O) groups excluding carboxylic acids is 3. The summed E-state index contributed by atoms with van der Waals surface area (Å²) in [6.45, 7) is 6.55. The normalized spacial score (nSPS) is 12.4. The van der Waals surface area contributed by atoms with Gasteiger partial charge in [0, 0.05) is 19.3 Å². The van der Waals surface area contributed by atoms with Gasteiger partial charge in [0.1, 0.15) is 13.2 Å². The van der Waals surface area contributed by atoms with E-state index in [0.717, 1.165) is 64.2 Å². The number of rotatable bonds is 45. The Bertz CT molecular complexity index is 1040. The van der Waals surface area contributed by atoms with Gasteiger partial charge in [0.2, 0.25) is 0 Å². The molecular formula is C53H94O6. The topological polar surface area (TPSA) is 78.9 Å². The van der Waals surface area contributed by atoms with Gasteiger partial charge in [-0.15, -0.1) is 0 Å². The number of unbranched alkanes of at least 4 members (excludes halogenated alkanes) is 26. The van der Waals surface area contributed by atoms with E-state index in [-0.39, 0.29) is 37.5 Å². The van der Waals surface area contributed by atoms with Crippen molar-refractivity contribution in [2.24, 2.45) is 0 Å². The molecule has 0 fully saturated rings. The number of carbonyl (C=O) groups is 3. The molecule has 0 heterocycles.